The highest BCUT2D eigenvalue weighted by Crippen LogP contribution is 2.44. The van der Waals surface area contributed by atoms with Crippen LogP contribution in [0.2, 0.25) is 0 Å². The number of aliphatic carboxylic acids is 1. The van der Waals surface area contributed by atoms with Gasteiger partial charge in [0.2, 0.25) is 0 Å². The number of nitrogens with one attached hydrogen (secondary N) is 1. The molecule has 0 spiro atoms. The summed E-state index contributed by atoms with van der Waals surface area (Å²) in [6.45, 7) is 1.45. The van der Waals surface area contributed by atoms with Gasteiger partial charge in [-0.15, -0.1) is 0 Å². The molecule has 4 rings (SSSR count). The van der Waals surface area contributed by atoms with Crippen LogP contribution in [0.15, 0.2) is 59.1 Å². The molecule has 3 aromatic rings. The first-order valence-corrected chi connectivity index (χ1v) is 11.5. The molecule has 0 heterocycles. The van der Waals surface area contributed by atoms with Crippen molar-refractivity contribution in [3.8, 4) is 16.9 Å². The van der Waals surface area contributed by atoms with Crippen LogP contribution in [0.5, 0.6) is 5.75 Å². The summed E-state index contributed by atoms with van der Waals surface area (Å²) in [6.07, 6.45) is -1.33. The largest absolute Gasteiger partial charge is 0.502 e. The third-order valence-electron chi connectivity index (χ3n) is 6.08. The molecule has 1 amide bonds. The number of aromatic hydroxyl groups is 1. The Bertz CT molecular complexity index is 1300. The summed E-state index contributed by atoms with van der Waals surface area (Å²) in [7, 11) is 0. The lowest BCUT2D eigenvalue weighted by molar-refractivity contribution is -0.386. The summed E-state index contributed by atoms with van der Waals surface area (Å²) in [6, 6.07) is 15.5. The summed E-state index contributed by atoms with van der Waals surface area (Å²) in [5, 5.41) is 33.6. The first-order valence-electron chi connectivity index (χ1n) is 10.7. The van der Waals surface area contributed by atoms with Gasteiger partial charge in [-0.3, -0.25) is 10.1 Å². The normalized spacial score (nSPS) is 13.0. The number of halogens is 1. The number of amides is 1. The van der Waals surface area contributed by atoms with E-state index in [4.69, 9.17) is 4.74 Å². The summed E-state index contributed by atoms with van der Waals surface area (Å²) < 4.78 is 5.74. The third kappa shape index (κ3) is 4.69. The molecule has 1 aliphatic carbocycles. The fraction of sp³-hybridized carbons (Fsp3) is 0.200. The van der Waals surface area contributed by atoms with Crippen molar-refractivity contribution in [2.24, 2.45) is 0 Å². The van der Waals surface area contributed by atoms with E-state index in [1.54, 1.807) is 0 Å². The number of fused-ring (bicyclic) bond motifs is 3. The number of phenols is 1. The molecule has 3 aromatic carbocycles. The summed E-state index contributed by atoms with van der Waals surface area (Å²) in [5.74, 6) is -2.22. The number of ether oxygens (including phenoxy) is 1. The van der Waals surface area contributed by atoms with E-state index in [9.17, 15) is 29.9 Å². The quantitative estimate of drug-likeness (QED) is 0.286. The number of carbonyl (C=O) groups excluding carboxylic acids is 1. The Morgan fingerprint density at radius 2 is 1.71 bits per heavy atom. The van der Waals surface area contributed by atoms with Crippen LogP contribution in [0.25, 0.3) is 11.1 Å². The minimum Gasteiger partial charge on any atom is -0.502 e. The topological polar surface area (TPSA) is 139 Å². The van der Waals surface area contributed by atoms with Crippen molar-refractivity contribution in [3.05, 3.63) is 91.4 Å². The number of nitro groups is 1. The number of nitro benzene ring substituents is 1. The summed E-state index contributed by atoms with van der Waals surface area (Å²) in [5.41, 5.74) is 3.81. The van der Waals surface area contributed by atoms with Gasteiger partial charge in [0.1, 0.15) is 12.6 Å². The standard InChI is InChI=1S/C25H21BrN2O7/c1-13-20(26)10-14(23(29)22(13)28(33)34)11-21(24(30)31)27-25(32)35-12-19-17-8-4-2-6-15(17)16-7-3-5-9-18(16)19/h2-10,19,21,29H,11-12H2,1H3,(H,27,32)(H,30,31). The molecule has 1 atom stereocenters. The van der Waals surface area contributed by atoms with Crippen molar-refractivity contribution in [3.63, 3.8) is 0 Å². The van der Waals surface area contributed by atoms with E-state index in [-0.39, 0.29) is 30.1 Å². The number of carboxylic acids is 1. The number of carbonyl (C=O) groups is 2. The molecule has 3 N–H and O–H groups in total. The molecule has 10 heteroatoms. The highest BCUT2D eigenvalue weighted by Gasteiger charge is 2.31. The molecule has 0 radical (unpaired) electrons. The lowest BCUT2D eigenvalue weighted by Gasteiger charge is -2.18. The van der Waals surface area contributed by atoms with Crippen LogP contribution in [0, 0.1) is 17.0 Å². The highest BCUT2D eigenvalue weighted by atomic mass is 79.9. The number of rotatable bonds is 7. The fourth-order valence-corrected chi connectivity index (χ4v) is 4.82. The maximum absolute atomic E-state index is 12.5. The van der Waals surface area contributed by atoms with Gasteiger partial charge in [-0.1, -0.05) is 64.5 Å². The van der Waals surface area contributed by atoms with Crippen LogP contribution in [0.3, 0.4) is 0 Å². The first kappa shape index (κ1) is 24.2. The minimum atomic E-state index is -1.48. The maximum atomic E-state index is 12.5. The van der Waals surface area contributed by atoms with Crippen LogP contribution >= 0.6 is 15.9 Å². The van der Waals surface area contributed by atoms with Crippen molar-refractivity contribution >= 4 is 33.7 Å². The zero-order valence-electron chi connectivity index (χ0n) is 18.5. The number of hydrogen-bond donors (Lipinski definition) is 3. The van der Waals surface area contributed by atoms with Crippen molar-refractivity contribution < 1.29 is 29.5 Å². The fourth-order valence-electron chi connectivity index (χ4n) is 4.35. The summed E-state index contributed by atoms with van der Waals surface area (Å²) in [4.78, 5) is 35.0. The number of carboxylic acid groups (broad SMARTS) is 1. The number of alkyl carbamates (subject to hydrolysis) is 1. The van der Waals surface area contributed by atoms with Gasteiger partial charge < -0.3 is 20.3 Å². The average molecular weight is 541 g/mol. The zero-order valence-corrected chi connectivity index (χ0v) is 20.1. The lowest BCUT2D eigenvalue weighted by Crippen LogP contribution is -2.43. The molecule has 1 aliphatic rings. The van der Waals surface area contributed by atoms with Gasteiger partial charge in [-0.05, 0) is 35.2 Å². The van der Waals surface area contributed by atoms with Crippen molar-refractivity contribution in [1.29, 1.82) is 0 Å². The Morgan fingerprint density at radius 1 is 1.14 bits per heavy atom. The molecule has 0 saturated heterocycles. The van der Waals surface area contributed by atoms with Gasteiger partial charge in [-0.2, -0.15) is 0 Å². The predicted molar refractivity (Wildman–Crippen MR) is 131 cm³/mol. The molecular formula is C25H21BrN2O7. The Labute approximate surface area is 208 Å². The van der Waals surface area contributed by atoms with E-state index >= 15 is 0 Å². The van der Waals surface area contributed by atoms with E-state index in [2.05, 4.69) is 21.2 Å². The number of benzene rings is 3. The van der Waals surface area contributed by atoms with Crippen LogP contribution < -0.4 is 5.32 Å². The molecule has 0 saturated carbocycles. The lowest BCUT2D eigenvalue weighted by atomic mass is 9.98. The van der Waals surface area contributed by atoms with Gasteiger partial charge >= 0.3 is 17.7 Å². The number of phenolic OH excluding ortho intramolecular Hbond substituents is 1. The number of nitrogens with zero attached hydrogens (tertiary/aromatic N) is 1. The Morgan fingerprint density at radius 3 is 2.26 bits per heavy atom. The smallest absolute Gasteiger partial charge is 0.407 e. The molecule has 0 fully saturated rings. The van der Waals surface area contributed by atoms with Gasteiger partial charge in [0.25, 0.3) is 0 Å². The van der Waals surface area contributed by atoms with Crippen LogP contribution in [-0.2, 0) is 16.0 Å². The first-order chi connectivity index (χ1) is 16.7. The second kappa shape index (κ2) is 9.75. The Hall–Kier alpha value is -3.92. The molecule has 0 aromatic heterocycles. The molecule has 35 heavy (non-hydrogen) atoms. The van der Waals surface area contributed by atoms with Gasteiger partial charge in [0.05, 0.1) is 4.92 Å². The van der Waals surface area contributed by atoms with Crippen LogP contribution in [0.4, 0.5) is 10.5 Å². The van der Waals surface area contributed by atoms with E-state index in [1.807, 2.05) is 48.5 Å². The van der Waals surface area contributed by atoms with E-state index in [0.29, 0.717) is 4.47 Å². The maximum Gasteiger partial charge on any atom is 0.407 e. The molecule has 0 bridgehead atoms. The molecule has 0 aliphatic heterocycles. The van der Waals surface area contributed by atoms with E-state index in [1.165, 1.54) is 13.0 Å². The monoisotopic (exact) mass is 540 g/mol. The Kier molecular flexibility index (Phi) is 6.74. The van der Waals surface area contributed by atoms with Gasteiger partial charge in [0, 0.05) is 27.9 Å². The second-order valence-electron chi connectivity index (χ2n) is 8.16. The van der Waals surface area contributed by atoms with E-state index < -0.39 is 34.5 Å². The van der Waals surface area contributed by atoms with Crippen LogP contribution in [0.1, 0.15) is 28.2 Å². The average Bonchev–Trinajstić information content (AvgIpc) is 3.14. The molecule has 1 unspecified atom stereocenters. The van der Waals surface area contributed by atoms with Crippen molar-refractivity contribution in [2.75, 3.05) is 6.61 Å². The second-order valence-corrected chi connectivity index (χ2v) is 9.02. The third-order valence-corrected chi connectivity index (χ3v) is 6.91. The van der Waals surface area contributed by atoms with Gasteiger partial charge in [-0.25, -0.2) is 9.59 Å². The zero-order chi connectivity index (χ0) is 25.3. The van der Waals surface area contributed by atoms with Crippen molar-refractivity contribution in [2.45, 2.75) is 25.3 Å². The molecular weight excluding hydrogens is 520 g/mol. The van der Waals surface area contributed by atoms with Crippen molar-refractivity contribution in [1.82, 2.24) is 5.32 Å². The van der Waals surface area contributed by atoms with E-state index in [0.717, 1.165) is 22.3 Å². The SMILES string of the molecule is Cc1c(Br)cc(CC(NC(=O)OCC2c3ccccc3-c3ccccc32)C(=O)O)c(O)c1[N+](=O)[O-]. The molecule has 180 valence electrons. The minimum absolute atomic E-state index is 0.000484. The highest BCUT2D eigenvalue weighted by molar-refractivity contribution is 9.10. The summed E-state index contributed by atoms with van der Waals surface area (Å²) >= 11 is 3.19. The number of hydrogen-bond acceptors (Lipinski definition) is 6. The molecule has 9 nitrogen and oxygen atoms in total. The predicted octanol–water partition coefficient (Wildman–Crippen LogP) is 4.91. The Balaban J connectivity index is 1.49. The van der Waals surface area contributed by atoms with Gasteiger partial charge in [0.15, 0.2) is 5.75 Å². The van der Waals surface area contributed by atoms with Crippen LogP contribution in [-0.4, -0.2) is 39.8 Å².